The van der Waals surface area contributed by atoms with Gasteiger partial charge in [-0.1, -0.05) is 24.3 Å². The van der Waals surface area contributed by atoms with Gasteiger partial charge in [0.1, 0.15) is 5.75 Å². The lowest BCUT2D eigenvalue weighted by atomic mass is 10.1. The second kappa shape index (κ2) is 9.04. The Hall–Kier alpha value is -2.34. The van der Waals surface area contributed by atoms with Crippen LogP contribution >= 0.6 is 0 Å². The molecule has 1 N–H and O–H groups in total. The van der Waals surface area contributed by atoms with Crippen LogP contribution in [-0.4, -0.2) is 32.7 Å². The standard InChI is InChI=1S/C21H27NO4S/c1-15(2)26-18-13-11-17(12-14-18)10-9-16(3)22-21(23)19-7-5-6-8-20(19)27(4,24)25/h5-8,11-16H,9-10H2,1-4H3,(H,22,23). The van der Waals surface area contributed by atoms with Crippen LogP contribution in [0.5, 0.6) is 5.75 Å². The fourth-order valence-electron chi connectivity index (χ4n) is 2.74. The summed E-state index contributed by atoms with van der Waals surface area (Å²) in [5.74, 6) is 0.469. The number of rotatable bonds is 8. The molecule has 0 aliphatic rings. The van der Waals surface area contributed by atoms with E-state index in [-0.39, 0.29) is 28.5 Å². The van der Waals surface area contributed by atoms with Gasteiger partial charge < -0.3 is 10.1 Å². The molecule has 5 nitrogen and oxygen atoms in total. The molecule has 0 radical (unpaired) electrons. The minimum absolute atomic E-state index is 0.0513. The van der Waals surface area contributed by atoms with Crippen molar-refractivity contribution in [1.29, 1.82) is 0 Å². The zero-order valence-corrected chi connectivity index (χ0v) is 17.0. The number of amides is 1. The summed E-state index contributed by atoms with van der Waals surface area (Å²) in [6, 6.07) is 14.1. The van der Waals surface area contributed by atoms with Gasteiger partial charge in [0, 0.05) is 12.3 Å². The van der Waals surface area contributed by atoms with Crippen molar-refractivity contribution >= 4 is 15.7 Å². The van der Waals surface area contributed by atoms with Crippen molar-refractivity contribution in [3.63, 3.8) is 0 Å². The SMILES string of the molecule is CC(CCc1ccc(OC(C)C)cc1)NC(=O)c1ccccc1S(C)(=O)=O. The second-order valence-corrected chi connectivity index (χ2v) is 8.98. The van der Waals surface area contributed by atoms with Crippen molar-refractivity contribution in [3.05, 3.63) is 59.7 Å². The number of aryl methyl sites for hydroxylation is 1. The van der Waals surface area contributed by atoms with Crippen molar-refractivity contribution in [2.75, 3.05) is 6.26 Å². The Morgan fingerprint density at radius 1 is 1.04 bits per heavy atom. The maximum atomic E-state index is 12.5. The largest absolute Gasteiger partial charge is 0.491 e. The molecule has 27 heavy (non-hydrogen) atoms. The fraction of sp³-hybridized carbons (Fsp3) is 0.381. The van der Waals surface area contributed by atoms with E-state index >= 15 is 0 Å². The van der Waals surface area contributed by atoms with Crippen molar-refractivity contribution in [2.24, 2.45) is 0 Å². The lowest BCUT2D eigenvalue weighted by Crippen LogP contribution is -2.33. The summed E-state index contributed by atoms with van der Waals surface area (Å²) >= 11 is 0. The van der Waals surface area contributed by atoms with E-state index in [1.807, 2.05) is 45.0 Å². The minimum atomic E-state index is -3.46. The van der Waals surface area contributed by atoms with Crippen LogP contribution in [0.4, 0.5) is 0 Å². The van der Waals surface area contributed by atoms with Gasteiger partial charge in [-0.3, -0.25) is 4.79 Å². The van der Waals surface area contributed by atoms with Crippen LogP contribution in [-0.2, 0) is 16.3 Å². The van der Waals surface area contributed by atoms with E-state index in [4.69, 9.17) is 4.74 Å². The lowest BCUT2D eigenvalue weighted by Gasteiger charge is -2.15. The van der Waals surface area contributed by atoms with Crippen LogP contribution in [0.15, 0.2) is 53.4 Å². The summed E-state index contributed by atoms with van der Waals surface area (Å²) in [4.78, 5) is 12.5. The molecule has 6 heteroatoms. The summed E-state index contributed by atoms with van der Waals surface area (Å²) < 4.78 is 29.3. The quantitative estimate of drug-likeness (QED) is 0.748. The molecular weight excluding hydrogens is 362 g/mol. The first-order valence-electron chi connectivity index (χ1n) is 9.02. The van der Waals surface area contributed by atoms with Crippen molar-refractivity contribution in [3.8, 4) is 5.75 Å². The summed E-state index contributed by atoms with van der Waals surface area (Å²) in [5.41, 5.74) is 1.34. The van der Waals surface area contributed by atoms with E-state index in [0.717, 1.165) is 30.4 Å². The van der Waals surface area contributed by atoms with Gasteiger partial charge in [0.25, 0.3) is 5.91 Å². The molecule has 0 fully saturated rings. The summed E-state index contributed by atoms with van der Waals surface area (Å²) in [5, 5.41) is 2.89. The average molecular weight is 390 g/mol. The topological polar surface area (TPSA) is 72.5 Å². The highest BCUT2D eigenvalue weighted by atomic mass is 32.2. The number of sulfone groups is 1. The van der Waals surface area contributed by atoms with Crippen LogP contribution in [0.1, 0.15) is 43.1 Å². The highest BCUT2D eigenvalue weighted by molar-refractivity contribution is 7.90. The van der Waals surface area contributed by atoms with Crippen molar-refractivity contribution in [1.82, 2.24) is 5.32 Å². The fourth-order valence-corrected chi connectivity index (χ4v) is 3.63. The van der Waals surface area contributed by atoms with Crippen molar-refractivity contribution < 1.29 is 17.9 Å². The third-order valence-corrected chi connectivity index (χ3v) is 5.22. The predicted octanol–water partition coefficient (Wildman–Crippen LogP) is 3.63. The van der Waals surface area contributed by atoms with Gasteiger partial charge >= 0.3 is 0 Å². The molecular formula is C21H27NO4S. The molecule has 1 atom stereocenters. The average Bonchev–Trinajstić information content (AvgIpc) is 2.60. The molecule has 1 unspecified atom stereocenters. The molecule has 146 valence electrons. The first-order valence-corrected chi connectivity index (χ1v) is 10.9. The van der Waals surface area contributed by atoms with E-state index < -0.39 is 9.84 Å². The highest BCUT2D eigenvalue weighted by Gasteiger charge is 2.19. The third-order valence-electron chi connectivity index (χ3n) is 4.07. The van der Waals surface area contributed by atoms with E-state index in [2.05, 4.69) is 5.32 Å². The number of hydrogen-bond acceptors (Lipinski definition) is 4. The van der Waals surface area contributed by atoms with Gasteiger partial charge in [-0.2, -0.15) is 0 Å². The van der Waals surface area contributed by atoms with Gasteiger partial charge in [-0.15, -0.1) is 0 Å². The Labute approximate surface area is 161 Å². The zero-order valence-electron chi connectivity index (χ0n) is 16.2. The molecule has 2 rings (SSSR count). The number of carbonyl (C=O) groups is 1. The van der Waals surface area contributed by atoms with E-state index in [9.17, 15) is 13.2 Å². The third kappa shape index (κ3) is 6.40. The monoisotopic (exact) mass is 389 g/mol. The van der Waals surface area contributed by atoms with Crippen LogP contribution in [0.3, 0.4) is 0 Å². The van der Waals surface area contributed by atoms with Crippen LogP contribution in [0, 0.1) is 0 Å². The van der Waals surface area contributed by atoms with Crippen LogP contribution in [0.25, 0.3) is 0 Å². The van der Waals surface area contributed by atoms with E-state index in [0.29, 0.717) is 0 Å². The molecule has 0 aromatic heterocycles. The van der Waals surface area contributed by atoms with E-state index in [1.165, 1.54) is 12.1 Å². The van der Waals surface area contributed by atoms with Gasteiger partial charge in [0.05, 0.1) is 16.6 Å². The first kappa shape index (κ1) is 21.0. The Bertz CT molecular complexity index is 873. The Morgan fingerprint density at radius 2 is 1.67 bits per heavy atom. The Morgan fingerprint density at radius 3 is 2.26 bits per heavy atom. The maximum Gasteiger partial charge on any atom is 0.252 e. The van der Waals surface area contributed by atoms with Crippen molar-refractivity contribution in [2.45, 2.75) is 50.7 Å². The Kier molecular flexibility index (Phi) is 7.02. The normalized spacial score (nSPS) is 12.6. The molecule has 0 saturated carbocycles. The molecule has 0 heterocycles. The summed E-state index contributed by atoms with van der Waals surface area (Å²) in [6.45, 7) is 5.89. The lowest BCUT2D eigenvalue weighted by molar-refractivity contribution is 0.0935. The molecule has 0 spiro atoms. The Balaban J connectivity index is 1.94. The number of carbonyl (C=O) groups excluding carboxylic acids is 1. The zero-order chi connectivity index (χ0) is 20.0. The molecule has 2 aromatic carbocycles. The minimum Gasteiger partial charge on any atom is -0.491 e. The van der Waals surface area contributed by atoms with Gasteiger partial charge in [-0.25, -0.2) is 8.42 Å². The maximum absolute atomic E-state index is 12.5. The van der Waals surface area contributed by atoms with Crippen LogP contribution in [0.2, 0.25) is 0 Å². The summed E-state index contributed by atoms with van der Waals surface area (Å²) in [7, 11) is -3.46. The number of ether oxygens (including phenoxy) is 1. The number of hydrogen-bond donors (Lipinski definition) is 1. The number of benzene rings is 2. The smallest absolute Gasteiger partial charge is 0.252 e. The molecule has 0 bridgehead atoms. The molecule has 0 aliphatic heterocycles. The molecule has 2 aromatic rings. The number of nitrogens with one attached hydrogen (secondary N) is 1. The molecule has 1 amide bonds. The van der Waals surface area contributed by atoms with E-state index in [1.54, 1.807) is 12.1 Å². The van der Waals surface area contributed by atoms with Gasteiger partial charge in [0.15, 0.2) is 9.84 Å². The van der Waals surface area contributed by atoms with Gasteiger partial charge in [0.2, 0.25) is 0 Å². The second-order valence-electron chi connectivity index (χ2n) is 6.99. The molecule has 0 saturated heterocycles. The predicted molar refractivity (Wildman–Crippen MR) is 107 cm³/mol. The van der Waals surface area contributed by atoms with Crippen LogP contribution < -0.4 is 10.1 Å². The summed E-state index contributed by atoms with van der Waals surface area (Å²) in [6.07, 6.45) is 2.80. The first-order chi connectivity index (χ1) is 12.7. The molecule has 0 aliphatic carbocycles. The highest BCUT2D eigenvalue weighted by Crippen LogP contribution is 2.17. The van der Waals surface area contributed by atoms with Gasteiger partial charge in [-0.05, 0) is 63.4 Å².